The average Bonchev–Trinajstić information content (AvgIpc) is 3.24. The summed E-state index contributed by atoms with van der Waals surface area (Å²) in [5, 5.41) is 4.00. The maximum Gasteiger partial charge on any atom is 0.280 e. The first kappa shape index (κ1) is 24.7. The van der Waals surface area contributed by atoms with E-state index in [4.69, 9.17) is 26.1 Å². The maximum atomic E-state index is 13.5. The Bertz CT molecular complexity index is 1360. The third kappa shape index (κ3) is 5.81. The number of aliphatic imine (C=N–C) groups is 1. The Morgan fingerprint density at radius 3 is 2.14 bits per heavy atom. The van der Waals surface area contributed by atoms with Crippen LogP contribution in [0.1, 0.15) is 12.5 Å². The molecule has 6 nitrogen and oxygen atoms in total. The molecule has 0 unspecified atom stereocenters. The van der Waals surface area contributed by atoms with Crippen molar-refractivity contribution in [2.45, 2.75) is 11.8 Å². The maximum absolute atomic E-state index is 13.5. The van der Waals surface area contributed by atoms with Gasteiger partial charge in [-0.05, 0) is 79.7 Å². The predicted octanol–water partition coefficient (Wildman–Crippen LogP) is 6.10. The second kappa shape index (κ2) is 11.3. The number of rotatable bonds is 9. The van der Waals surface area contributed by atoms with Crippen molar-refractivity contribution >= 4 is 29.1 Å². The smallest absolute Gasteiger partial charge is 0.280 e. The molecule has 8 heteroatoms. The van der Waals surface area contributed by atoms with Gasteiger partial charge in [0.05, 0.1) is 31.2 Å². The number of nitrogens with one attached hydrogen (secondary N) is 1. The Kier molecular flexibility index (Phi) is 8.00. The van der Waals surface area contributed by atoms with Gasteiger partial charge in [-0.1, -0.05) is 11.6 Å². The molecule has 0 amide bonds. The van der Waals surface area contributed by atoms with Crippen molar-refractivity contribution in [1.29, 1.82) is 0 Å². The molecule has 0 atom stereocenters. The number of aromatic nitrogens is 2. The normalized spacial score (nSPS) is 11.5. The summed E-state index contributed by atoms with van der Waals surface area (Å²) in [5.74, 6) is 2.25. The fraction of sp³-hybridized carbons (Fsp3) is 0.185. The van der Waals surface area contributed by atoms with E-state index in [0.717, 1.165) is 32.7 Å². The minimum Gasteiger partial charge on any atom is -0.497 e. The lowest BCUT2D eigenvalue weighted by molar-refractivity contribution is 0.414. The van der Waals surface area contributed by atoms with Crippen LogP contribution >= 0.6 is 23.4 Å². The average molecular weight is 508 g/mol. The molecule has 4 rings (SSSR count). The Labute approximate surface area is 213 Å². The SMILES string of the molecule is COc1ccc(-c2[nH]n(-c3ccc(OC)cc3)c(=O)c2C(C)=NCCSc2ccc(Cl)cc2)cc1. The van der Waals surface area contributed by atoms with E-state index < -0.39 is 0 Å². The summed E-state index contributed by atoms with van der Waals surface area (Å²) in [6, 6.07) is 22.7. The molecular formula is C27H26ClN3O3S. The largest absolute Gasteiger partial charge is 0.497 e. The lowest BCUT2D eigenvalue weighted by Gasteiger charge is -2.05. The molecule has 0 saturated carbocycles. The van der Waals surface area contributed by atoms with Gasteiger partial charge in [0.1, 0.15) is 11.5 Å². The molecule has 1 N–H and O–H groups in total. The van der Waals surface area contributed by atoms with Crippen LogP contribution in [-0.2, 0) is 0 Å². The second-order valence-electron chi connectivity index (χ2n) is 7.70. The summed E-state index contributed by atoms with van der Waals surface area (Å²) >= 11 is 7.66. The highest BCUT2D eigenvalue weighted by Gasteiger charge is 2.19. The summed E-state index contributed by atoms with van der Waals surface area (Å²) in [7, 11) is 3.24. The van der Waals surface area contributed by atoms with Crippen molar-refractivity contribution in [2.75, 3.05) is 26.5 Å². The van der Waals surface area contributed by atoms with E-state index in [9.17, 15) is 4.79 Å². The van der Waals surface area contributed by atoms with Crippen LogP contribution in [0.4, 0.5) is 0 Å². The zero-order valence-corrected chi connectivity index (χ0v) is 21.3. The minimum absolute atomic E-state index is 0.160. The second-order valence-corrected chi connectivity index (χ2v) is 9.30. The summed E-state index contributed by atoms with van der Waals surface area (Å²) in [6.07, 6.45) is 0. The molecule has 0 spiro atoms. The molecule has 0 aliphatic carbocycles. The van der Waals surface area contributed by atoms with E-state index in [0.29, 0.717) is 29.2 Å². The highest BCUT2D eigenvalue weighted by Crippen LogP contribution is 2.25. The highest BCUT2D eigenvalue weighted by molar-refractivity contribution is 7.99. The number of methoxy groups -OCH3 is 2. The highest BCUT2D eigenvalue weighted by atomic mass is 35.5. The molecule has 0 saturated heterocycles. The zero-order valence-electron chi connectivity index (χ0n) is 19.7. The monoisotopic (exact) mass is 507 g/mol. The topological polar surface area (TPSA) is 68.6 Å². The third-order valence-corrected chi connectivity index (χ3v) is 6.73. The standard InChI is InChI=1S/C27H26ClN3O3S/c1-18(29-16-17-35-24-14-6-20(28)7-15-24)25-26(19-4-10-22(33-2)11-5-19)30-31(27(25)32)21-8-12-23(34-3)13-9-21/h4-15,30H,16-17H2,1-3H3. The lowest BCUT2D eigenvalue weighted by Crippen LogP contribution is -2.19. The van der Waals surface area contributed by atoms with Crippen LogP contribution < -0.4 is 15.0 Å². The van der Waals surface area contributed by atoms with E-state index in [1.807, 2.05) is 79.7 Å². The molecule has 180 valence electrons. The number of nitrogens with zero attached hydrogens (tertiary/aromatic N) is 2. The van der Waals surface area contributed by atoms with Gasteiger partial charge in [0.25, 0.3) is 5.56 Å². The Morgan fingerprint density at radius 1 is 0.943 bits per heavy atom. The molecule has 0 radical (unpaired) electrons. The van der Waals surface area contributed by atoms with Crippen molar-refractivity contribution < 1.29 is 9.47 Å². The van der Waals surface area contributed by atoms with Gasteiger partial charge in [-0.15, -0.1) is 11.8 Å². The summed E-state index contributed by atoms with van der Waals surface area (Å²) in [6.45, 7) is 2.46. The molecule has 0 aliphatic rings. The van der Waals surface area contributed by atoms with Gasteiger partial charge in [0.15, 0.2) is 0 Å². The Balaban J connectivity index is 1.65. The molecule has 0 fully saturated rings. The van der Waals surface area contributed by atoms with E-state index in [1.165, 1.54) is 4.68 Å². The van der Waals surface area contributed by atoms with Crippen molar-refractivity contribution in [1.82, 2.24) is 9.78 Å². The van der Waals surface area contributed by atoms with E-state index in [-0.39, 0.29) is 5.56 Å². The van der Waals surface area contributed by atoms with E-state index >= 15 is 0 Å². The molecular weight excluding hydrogens is 482 g/mol. The number of halogens is 1. The number of thioether (sulfide) groups is 1. The van der Waals surface area contributed by atoms with Gasteiger partial charge in [-0.25, -0.2) is 4.68 Å². The van der Waals surface area contributed by atoms with Crippen LogP contribution in [-0.4, -0.2) is 42.0 Å². The summed E-state index contributed by atoms with van der Waals surface area (Å²) in [4.78, 5) is 19.4. The Hall–Kier alpha value is -3.42. The third-order valence-electron chi connectivity index (χ3n) is 5.48. The van der Waals surface area contributed by atoms with Crippen LogP contribution in [0.15, 0.2) is 87.5 Å². The van der Waals surface area contributed by atoms with Crippen LogP contribution in [0.2, 0.25) is 5.02 Å². The first-order valence-electron chi connectivity index (χ1n) is 11.0. The minimum atomic E-state index is -0.160. The number of hydrogen-bond donors (Lipinski definition) is 1. The lowest BCUT2D eigenvalue weighted by atomic mass is 10.1. The number of benzene rings is 3. The fourth-order valence-corrected chi connectivity index (χ4v) is 4.51. The van der Waals surface area contributed by atoms with Gasteiger partial charge in [0.2, 0.25) is 0 Å². The molecule has 1 heterocycles. The van der Waals surface area contributed by atoms with Gasteiger partial charge in [0, 0.05) is 33.5 Å². The molecule has 3 aromatic carbocycles. The zero-order chi connectivity index (χ0) is 24.8. The van der Waals surface area contributed by atoms with E-state index in [2.05, 4.69) is 5.10 Å². The Morgan fingerprint density at radius 2 is 1.54 bits per heavy atom. The summed E-state index contributed by atoms with van der Waals surface area (Å²) in [5.41, 5.74) is 3.36. The summed E-state index contributed by atoms with van der Waals surface area (Å²) < 4.78 is 12.1. The first-order chi connectivity index (χ1) is 17.0. The van der Waals surface area contributed by atoms with Crippen molar-refractivity contribution in [2.24, 2.45) is 4.99 Å². The van der Waals surface area contributed by atoms with Crippen LogP contribution in [0, 0.1) is 0 Å². The van der Waals surface area contributed by atoms with Crippen molar-refractivity contribution in [3.63, 3.8) is 0 Å². The molecule has 35 heavy (non-hydrogen) atoms. The van der Waals surface area contributed by atoms with Crippen molar-refractivity contribution in [3.05, 3.63) is 93.7 Å². The number of ether oxygens (including phenoxy) is 2. The van der Waals surface area contributed by atoms with E-state index in [1.54, 1.807) is 26.0 Å². The first-order valence-corrected chi connectivity index (χ1v) is 12.4. The molecule has 1 aromatic heterocycles. The fourth-order valence-electron chi connectivity index (χ4n) is 3.64. The van der Waals surface area contributed by atoms with Gasteiger partial charge >= 0.3 is 0 Å². The number of hydrogen-bond acceptors (Lipinski definition) is 5. The number of H-pyrrole nitrogens is 1. The van der Waals surface area contributed by atoms with Crippen LogP contribution in [0.5, 0.6) is 11.5 Å². The molecule has 0 aliphatic heterocycles. The van der Waals surface area contributed by atoms with Gasteiger partial charge in [-0.3, -0.25) is 14.9 Å². The number of aromatic amines is 1. The predicted molar refractivity (Wildman–Crippen MR) is 144 cm³/mol. The van der Waals surface area contributed by atoms with Crippen LogP contribution in [0.3, 0.4) is 0 Å². The van der Waals surface area contributed by atoms with Gasteiger partial charge < -0.3 is 9.47 Å². The van der Waals surface area contributed by atoms with Gasteiger partial charge in [-0.2, -0.15) is 0 Å². The molecule has 0 bridgehead atoms. The van der Waals surface area contributed by atoms with Crippen molar-refractivity contribution in [3.8, 4) is 28.4 Å². The van der Waals surface area contributed by atoms with Crippen LogP contribution in [0.25, 0.3) is 16.9 Å². The molecule has 4 aromatic rings. The quantitative estimate of drug-likeness (QED) is 0.169.